The lowest BCUT2D eigenvalue weighted by molar-refractivity contribution is 0.139. The van der Waals surface area contributed by atoms with E-state index in [1.165, 1.54) is 38.6 Å². The van der Waals surface area contributed by atoms with Crippen LogP contribution in [0.5, 0.6) is 0 Å². The van der Waals surface area contributed by atoms with E-state index in [1.54, 1.807) is 0 Å². The third kappa shape index (κ3) is 3.16. The Bertz CT molecular complexity index is 192. The van der Waals surface area contributed by atoms with Gasteiger partial charge in [0.25, 0.3) is 0 Å². The zero-order chi connectivity index (χ0) is 10.7. The zero-order valence-electron chi connectivity index (χ0n) is 9.82. The highest BCUT2D eigenvalue weighted by molar-refractivity contribution is 4.80. The minimum absolute atomic E-state index is 0.456. The predicted octanol–water partition coefficient (Wildman–Crippen LogP) is 1.22. The van der Waals surface area contributed by atoms with Crippen LogP contribution in [0.4, 0.5) is 0 Å². The lowest BCUT2D eigenvalue weighted by Crippen LogP contribution is -2.39. The lowest BCUT2D eigenvalue weighted by Gasteiger charge is -2.32. The molecular weight excluding hydrogens is 188 g/mol. The Kier molecular flexibility index (Phi) is 4.00. The second-order valence-electron chi connectivity index (χ2n) is 5.25. The number of ether oxygens (including phenoxy) is 1. The highest BCUT2D eigenvalue weighted by Crippen LogP contribution is 2.25. The second kappa shape index (κ2) is 5.28. The number of hydrogen-bond acceptors (Lipinski definition) is 3. The molecule has 3 nitrogen and oxygen atoms in total. The summed E-state index contributed by atoms with van der Waals surface area (Å²) in [5, 5.41) is 0. The highest BCUT2D eigenvalue weighted by atomic mass is 16.5. The monoisotopic (exact) mass is 212 g/mol. The normalized spacial score (nSPS) is 37.4. The average Bonchev–Trinajstić information content (AvgIpc) is 2.70. The number of nitrogens with two attached hydrogens (primary N) is 1. The van der Waals surface area contributed by atoms with Crippen molar-refractivity contribution in [3.8, 4) is 0 Å². The van der Waals surface area contributed by atoms with Gasteiger partial charge in [-0.2, -0.15) is 0 Å². The van der Waals surface area contributed by atoms with E-state index >= 15 is 0 Å². The molecule has 1 aliphatic carbocycles. The summed E-state index contributed by atoms with van der Waals surface area (Å²) in [6, 6.07) is 1.11. The molecule has 1 heterocycles. The van der Waals surface area contributed by atoms with E-state index < -0.39 is 0 Å². The molecule has 0 spiro atoms. The molecule has 1 saturated carbocycles. The molecule has 3 heteroatoms. The zero-order valence-corrected chi connectivity index (χ0v) is 9.82. The molecule has 0 aromatic rings. The van der Waals surface area contributed by atoms with Crippen LogP contribution in [0.3, 0.4) is 0 Å². The summed E-state index contributed by atoms with van der Waals surface area (Å²) in [5.74, 6) is 0.819. The minimum atomic E-state index is 0.456. The topological polar surface area (TPSA) is 38.5 Å². The first-order valence-corrected chi connectivity index (χ1v) is 6.29. The van der Waals surface area contributed by atoms with Crippen LogP contribution in [-0.4, -0.2) is 43.8 Å². The van der Waals surface area contributed by atoms with Gasteiger partial charge in [-0.15, -0.1) is 0 Å². The van der Waals surface area contributed by atoms with Crippen molar-refractivity contribution in [2.45, 2.75) is 44.2 Å². The SMILES string of the molecule is CN(CC1CCCC(N)C1)C1CCOC1. The molecule has 2 rings (SSSR count). The summed E-state index contributed by atoms with van der Waals surface area (Å²) in [6.45, 7) is 3.08. The minimum Gasteiger partial charge on any atom is -0.380 e. The maximum absolute atomic E-state index is 6.01. The van der Waals surface area contributed by atoms with Crippen LogP contribution >= 0.6 is 0 Å². The van der Waals surface area contributed by atoms with Gasteiger partial charge in [0.2, 0.25) is 0 Å². The van der Waals surface area contributed by atoms with Crippen molar-refractivity contribution in [3.05, 3.63) is 0 Å². The Balaban J connectivity index is 1.74. The Morgan fingerprint density at radius 2 is 2.20 bits per heavy atom. The maximum Gasteiger partial charge on any atom is 0.0622 e. The summed E-state index contributed by atoms with van der Waals surface area (Å²) in [4.78, 5) is 2.48. The van der Waals surface area contributed by atoms with Crippen molar-refractivity contribution in [2.24, 2.45) is 11.7 Å². The van der Waals surface area contributed by atoms with Crippen molar-refractivity contribution < 1.29 is 4.74 Å². The molecule has 3 atom stereocenters. The molecule has 88 valence electrons. The van der Waals surface area contributed by atoms with Gasteiger partial charge in [0, 0.05) is 25.2 Å². The second-order valence-corrected chi connectivity index (χ2v) is 5.25. The molecule has 0 amide bonds. The van der Waals surface area contributed by atoms with Crippen LogP contribution < -0.4 is 5.73 Å². The molecule has 0 aromatic heterocycles. The largest absolute Gasteiger partial charge is 0.380 e. The van der Waals surface area contributed by atoms with E-state index in [-0.39, 0.29) is 0 Å². The molecule has 2 aliphatic rings. The summed E-state index contributed by atoms with van der Waals surface area (Å²) < 4.78 is 5.42. The Hall–Kier alpha value is -0.120. The van der Waals surface area contributed by atoms with Crippen LogP contribution in [0.2, 0.25) is 0 Å². The van der Waals surface area contributed by atoms with E-state index in [1.807, 2.05) is 0 Å². The predicted molar refractivity (Wildman–Crippen MR) is 61.8 cm³/mol. The van der Waals surface area contributed by atoms with Gasteiger partial charge in [-0.05, 0) is 38.6 Å². The third-order valence-electron chi connectivity index (χ3n) is 3.90. The van der Waals surface area contributed by atoms with Gasteiger partial charge in [0.15, 0.2) is 0 Å². The van der Waals surface area contributed by atoms with Crippen LogP contribution in [0.1, 0.15) is 32.1 Å². The molecule has 1 saturated heterocycles. The van der Waals surface area contributed by atoms with E-state index in [2.05, 4.69) is 11.9 Å². The van der Waals surface area contributed by atoms with E-state index in [4.69, 9.17) is 10.5 Å². The van der Waals surface area contributed by atoms with Gasteiger partial charge in [-0.3, -0.25) is 0 Å². The molecule has 3 unspecified atom stereocenters. The quantitative estimate of drug-likeness (QED) is 0.764. The van der Waals surface area contributed by atoms with E-state index in [9.17, 15) is 0 Å². The first-order chi connectivity index (χ1) is 7.25. The van der Waals surface area contributed by atoms with Crippen molar-refractivity contribution >= 4 is 0 Å². The Morgan fingerprint density at radius 3 is 2.87 bits per heavy atom. The van der Waals surface area contributed by atoms with Gasteiger partial charge in [0.05, 0.1) is 6.61 Å². The third-order valence-corrected chi connectivity index (χ3v) is 3.90. The van der Waals surface area contributed by atoms with E-state index in [0.29, 0.717) is 12.1 Å². The van der Waals surface area contributed by atoms with Crippen LogP contribution in [0, 0.1) is 5.92 Å². The molecule has 2 fully saturated rings. The fourth-order valence-electron chi connectivity index (χ4n) is 2.92. The summed E-state index contributed by atoms with van der Waals surface area (Å²) >= 11 is 0. The van der Waals surface area contributed by atoms with Gasteiger partial charge in [0.1, 0.15) is 0 Å². The summed E-state index contributed by atoms with van der Waals surface area (Å²) in [6.07, 6.45) is 6.34. The number of rotatable bonds is 3. The summed E-state index contributed by atoms with van der Waals surface area (Å²) in [7, 11) is 2.24. The van der Waals surface area contributed by atoms with Crippen molar-refractivity contribution in [3.63, 3.8) is 0 Å². The first-order valence-electron chi connectivity index (χ1n) is 6.29. The van der Waals surface area contributed by atoms with Gasteiger partial charge in [-0.1, -0.05) is 6.42 Å². The molecule has 0 aromatic carbocycles. The first kappa shape index (κ1) is 11.4. The standard InChI is InChI=1S/C12H24N2O/c1-14(12-5-6-15-9-12)8-10-3-2-4-11(13)7-10/h10-12H,2-9,13H2,1H3. The Labute approximate surface area is 93.0 Å². The van der Waals surface area contributed by atoms with Crippen molar-refractivity contribution in [1.29, 1.82) is 0 Å². The number of nitrogens with zero attached hydrogens (tertiary/aromatic N) is 1. The fourth-order valence-corrected chi connectivity index (χ4v) is 2.92. The molecular formula is C12H24N2O. The van der Waals surface area contributed by atoms with Crippen LogP contribution in [0.25, 0.3) is 0 Å². The average molecular weight is 212 g/mol. The molecule has 2 N–H and O–H groups in total. The van der Waals surface area contributed by atoms with Gasteiger partial charge < -0.3 is 15.4 Å². The van der Waals surface area contributed by atoms with Gasteiger partial charge in [-0.25, -0.2) is 0 Å². The fraction of sp³-hybridized carbons (Fsp3) is 1.00. The number of hydrogen-bond donors (Lipinski definition) is 1. The molecule has 15 heavy (non-hydrogen) atoms. The highest BCUT2D eigenvalue weighted by Gasteiger charge is 2.25. The molecule has 1 aliphatic heterocycles. The lowest BCUT2D eigenvalue weighted by atomic mass is 9.85. The van der Waals surface area contributed by atoms with Gasteiger partial charge >= 0.3 is 0 Å². The van der Waals surface area contributed by atoms with Crippen LogP contribution in [0.15, 0.2) is 0 Å². The summed E-state index contributed by atoms with van der Waals surface area (Å²) in [5.41, 5.74) is 6.01. The maximum atomic E-state index is 6.01. The molecule has 0 bridgehead atoms. The molecule has 0 radical (unpaired) electrons. The van der Waals surface area contributed by atoms with Crippen LogP contribution in [-0.2, 0) is 4.74 Å². The van der Waals surface area contributed by atoms with E-state index in [0.717, 1.165) is 19.1 Å². The Morgan fingerprint density at radius 1 is 1.33 bits per heavy atom. The number of likely N-dealkylation sites (N-methyl/N-ethyl adjacent to an activating group) is 1. The van der Waals surface area contributed by atoms with Crippen molar-refractivity contribution in [2.75, 3.05) is 26.8 Å². The van der Waals surface area contributed by atoms with Crippen molar-refractivity contribution in [1.82, 2.24) is 4.90 Å². The smallest absolute Gasteiger partial charge is 0.0622 e.